The molecule has 3 aliphatic heterocycles. The summed E-state index contributed by atoms with van der Waals surface area (Å²) >= 11 is 0. The predicted molar refractivity (Wildman–Crippen MR) is 128 cm³/mol. The Morgan fingerprint density at radius 3 is 2.39 bits per heavy atom. The highest BCUT2D eigenvalue weighted by molar-refractivity contribution is 7.88. The number of hydrogen-bond acceptors (Lipinski definition) is 10. The number of nitrogens with two attached hydrogens (primary N) is 1. The van der Waals surface area contributed by atoms with Gasteiger partial charge in [0.25, 0.3) is 0 Å². The molecule has 180 valence electrons. The molecule has 11 nitrogen and oxygen atoms in total. The summed E-state index contributed by atoms with van der Waals surface area (Å²) < 4.78 is 31.0. The molecule has 2 saturated heterocycles. The predicted octanol–water partition coefficient (Wildman–Crippen LogP) is 0.775. The summed E-state index contributed by atoms with van der Waals surface area (Å²) in [5, 5.41) is 0. The molecule has 3 aliphatic rings. The van der Waals surface area contributed by atoms with Gasteiger partial charge in [0, 0.05) is 62.3 Å². The third kappa shape index (κ3) is 4.87. The van der Waals surface area contributed by atoms with E-state index in [2.05, 4.69) is 19.8 Å². The maximum Gasteiger partial charge on any atom is 0.228 e. The molecule has 0 bridgehead atoms. The Labute approximate surface area is 195 Å². The van der Waals surface area contributed by atoms with E-state index < -0.39 is 10.0 Å². The molecular weight excluding hydrogens is 444 g/mol. The third-order valence-electron chi connectivity index (χ3n) is 6.12. The van der Waals surface area contributed by atoms with Crippen LogP contribution in [0, 0.1) is 0 Å². The monoisotopic (exact) mass is 476 g/mol. The number of sulfonamides is 1. The second-order valence-electron chi connectivity index (χ2n) is 8.11. The summed E-state index contributed by atoms with van der Waals surface area (Å²) in [5.41, 5.74) is 8.33. The summed E-state index contributed by atoms with van der Waals surface area (Å²) in [6, 6.07) is 0.0962. The van der Waals surface area contributed by atoms with Crippen molar-refractivity contribution >= 4 is 27.7 Å². The summed E-state index contributed by atoms with van der Waals surface area (Å²) in [6.45, 7) is 8.52. The Balaban J connectivity index is 0.00000126. The van der Waals surface area contributed by atoms with Crippen LogP contribution in [0.4, 0.5) is 17.7 Å². The average molecular weight is 477 g/mol. The van der Waals surface area contributed by atoms with Crippen LogP contribution in [0.1, 0.15) is 25.8 Å². The fraction of sp³-hybridized carbons (Fsp3) is 0.619. The molecule has 0 spiro atoms. The maximum atomic E-state index is 12.0. The van der Waals surface area contributed by atoms with E-state index in [4.69, 9.17) is 20.4 Å². The van der Waals surface area contributed by atoms with E-state index >= 15 is 0 Å². The first kappa shape index (κ1) is 23.6. The van der Waals surface area contributed by atoms with Crippen molar-refractivity contribution < 1.29 is 13.2 Å². The van der Waals surface area contributed by atoms with Crippen molar-refractivity contribution in [3.05, 3.63) is 18.0 Å². The summed E-state index contributed by atoms with van der Waals surface area (Å²) in [4.78, 5) is 22.5. The van der Waals surface area contributed by atoms with Gasteiger partial charge in [0.2, 0.25) is 21.9 Å². The van der Waals surface area contributed by atoms with Gasteiger partial charge in [-0.15, -0.1) is 0 Å². The largest absolute Gasteiger partial charge is 0.378 e. The standard InChI is InChI=1S/C19H26N8O3S.C2H6/c1-31(28,29)26-4-2-14(12-26)27-5-3-15-16(13-10-21-18(20)22-11-13)23-19(24-17(15)27)25-6-8-30-9-7-25;1-2/h10-11,14H,2-9,12H2,1H3,(H2,20,21,22);1-2H3/t14-;/m1./s1. The van der Waals surface area contributed by atoms with Gasteiger partial charge >= 0.3 is 0 Å². The van der Waals surface area contributed by atoms with Crippen molar-refractivity contribution in [3.63, 3.8) is 0 Å². The summed E-state index contributed by atoms with van der Waals surface area (Å²) in [6.07, 6.45) is 6.22. The Morgan fingerprint density at radius 2 is 1.76 bits per heavy atom. The Morgan fingerprint density at radius 1 is 1.06 bits per heavy atom. The molecule has 0 amide bonds. The van der Waals surface area contributed by atoms with Crippen LogP contribution in [0.25, 0.3) is 11.3 Å². The van der Waals surface area contributed by atoms with Crippen molar-refractivity contribution in [2.45, 2.75) is 32.7 Å². The second-order valence-corrected chi connectivity index (χ2v) is 10.1. The lowest BCUT2D eigenvalue weighted by molar-refractivity contribution is 0.122. The number of rotatable bonds is 4. The molecule has 33 heavy (non-hydrogen) atoms. The minimum absolute atomic E-state index is 0.0962. The number of ether oxygens (including phenoxy) is 1. The van der Waals surface area contributed by atoms with Gasteiger partial charge in [-0.2, -0.15) is 4.98 Å². The molecule has 5 heterocycles. The molecule has 0 aromatic carbocycles. The first-order chi connectivity index (χ1) is 15.9. The fourth-order valence-corrected chi connectivity index (χ4v) is 5.37. The van der Waals surface area contributed by atoms with Gasteiger partial charge in [0.05, 0.1) is 25.2 Å². The smallest absolute Gasteiger partial charge is 0.228 e. The normalized spacial score (nSPS) is 21.0. The molecule has 0 aliphatic carbocycles. The lowest BCUT2D eigenvalue weighted by Gasteiger charge is -2.30. The van der Waals surface area contributed by atoms with Crippen LogP contribution in [0.2, 0.25) is 0 Å². The fourth-order valence-electron chi connectivity index (χ4n) is 4.49. The van der Waals surface area contributed by atoms with Crippen LogP contribution in [-0.2, 0) is 21.2 Å². The highest BCUT2D eigenvalue weighted by atomic mass is 32.2. The maximum absolute atomic E-state index is 12.0. The zero-order chi connectivity index (χ0) is 23.6. The number of anilines is 3. The number of hydrogen-bond donors (Lipinski definition) is 1. The molecular formula is C21H32N8O3S. The molecule has 5 rings (SSSR count). The number of nitrogen functional groups attached to an aromatic ring is 1. The van der Waals surface area contributed by atoms with Gasteiger partial charge in [-0.05, 0) is 12.8 Å². The van der Waals surface area contributed by atoms with Gasteiger partial charge in [-0.1, -0.05) is 13.8 Å². The zero-order valence-electron chi connectivity index (χ0n) is 19.4. The number of aromatic nitrogens is 4. The highest BCUT2D eigenvalue weighted by Gasteiger charge is 2.37. The zero-order valence-corrected chi connectivity index (χ0v) is 20.3. The molecule has 0 saturated carbocycles. The van der Waals surface area contributed by atoms with Crippen molar-refractivity contribution in [2.75, 3.05) is 67.7 Å². The molecule has 2 aromatic heterocycles. The van der Waals surface area contributed by atoms with E-state index in [0.717, 1.165) is 55.1 Å². The number of morpholine rings is 1. The van der Waals surface area contributed by atoms with Gasteiger partial charge in [0.15, 0.2) is 0 Å². The SMILES string of the molecule is CC.CS(=O)(=O)N1CC[C@@H](N2CCc3c(-c4cnc(N)nc4)nc(N4CCOCC4)nc32)C1. The van der Waals surface area contributed by atoms with Gasteiger partial charge in [0.1, 0.15) is 5.82 Å². The first-order valence-corrected chi connectivity index (χ1v) is 13.3. The van der Waals surface area contributed by atoms with Gasteiger partial charge in [-0.25, -0.2) is 27.7 Å². The molecule has 2 fully saturated rings. The van der Waals surface area contributed by atoms with Gasteiger partial charge in [-0.3, -0.25) is 0 Å². The van der Waals surface area contributed by atoms with E-state index in [9.17, 15) is 8.42 Å². The number of nitrogens with zero attached hydrogens (tertiary/aromatic N) is 7. The first-order valence-electron chi connectivity index (χ1n) is 11.4. The molecule has 1 atom stereocenters. The van der Waals surface area contributed by atoms with E-state index in [0.29, 0.717) is 32.3 Å². The van der Waals surface area contributed by atoms with Crippen LogP contribution in [0.3, 0.4) is 0 Å². The lowest BCUT2D eigenvalue weighted by Crippen LogP contribution is -2.39. The topological polar surface area (TPSA) is 131 Å². The highest BCUT2D eigenvalue weighted by Crippen LogP contribution is 2.37. The molecule has 12 heteroatoms. The molecule has 0 unspecified atom stereocenters. The Hall–Kier alpha value is -2.57. The van der Waals surface area contributed by atoms with Crippen LogP contribution >= 0.6 is 0 Å². The Kier molecular flexibility index (Phi) is 6.96. The minimum Gasteiger partial charge on any atom is -0.378 e. The van der Waals surface area contributed by atoms with E-state index in [1.807, 2.05) is 13.8 Å². The van der Waals surface area contributed by atoms with Crippen molar-refractivity contribution in [3.8, 4) is 11.3 Å². The lowest BCUT2D eigenvalue weighted by atomic mass is 10.1. The minimum atomic E-state index is -3.20. The average Bonchev–Trinajstić information content (AvgIpc) is 3.48. The van der Waals surface area contributed by atoms with Crippen LogP contribution in [0.15, 0.2) is 12.4 Å². The summed E-state index contributed by atoms with van der Waals surface area (Å²) in [7, 11) is -3.20. The van der Waals surface area contributed by atoms with Crippen LogP contribution < -0.4 is 15.5 Å². The number of fused-ring (bicyclic) bond motifs is 1. The van der Waals surface area contributed by atoms with Crippen molar-refractivity contribution in [2.24, 2.45) is 0 Å². The van der Waals surface area contributed by atoms with E-state index in [-0.39, 0.29) is 12.0 Å². The quantitative estimate of drug-likeness (QED) is 0.675. The summed E-state index contributed by atoms with van der Waals surface area (Å²) in [5.74, 6) is 1.75. The Bertz CT molecular complexity index is 1070. The second kappa shape index (κ2) is 9.74. The van der Waals surface area contributed by atoms with Crippen LogP contribution in [-0.4, -0.2) is 90.9 Å². The molecule has 2 N–H and O–H groups in total. The van der Waals surface area contributed by atoms with Gasteiger partial charge < -0.3 is 20.3 Å². The molecule has 2 aromatic rings. The van der Waals surface area contributed by atoms with Crippen LogP contribution in [0.5, 0.6) is 0 Å². The van der Waals surface area contributed by atoms with E-state index in [1.165, 1.54) is 6.26 Å². The third-order valence-corrected chi connectivity index (χ3v) is 7.39. The molecule has 0 radical (unpaired) electrons. The van der Waals surface area contributed by atoms with Crippen molar-refractivity contribution in [1.29, 1.82) is 0 Å². The van der Waals surface area contributed by atoms with E-state index in [1.54, 1.807) is 16.7 Å². The van der Waals surface area contributed by atoms with Crippen molar-refractivity contribution in [1.82, 2.24) is 24.2 Å².